The number of carbonyl (C=O) groups is 1. The fraction of sp³-hybridized carbons (Fsp3) is 0.258. The van der Waals surface area contributed by atoms with Gasteiger partial charge in [0.05, 0.1) is 29.9 Å². The highest BCUT2D eigenvalue weighted by Gasteiger charge is 2.41. The van der Waals surface area contributed by atoms with Crippen LogP contribution in [0.25, 0.3) is 0 Å². The number of H-pyrrole nitrogens is 1. The summed E-state index contributed by atoms with van der Waals surface area (Å²) in [5, 5.41) is 16.2. The van der Waals surface area contributed by atoms with Gasteiger partial charge >= 0.3 is 17.8 Å². The van der Waals surface area contributed by atoms with E-state index in [2.05, 4.69) is 20.8 Å². The lowest BCUT2D eigenvalue weighted by atomic mass is 9.88. The van der Waals surface area contributed by atoms with Gasteiger partial charge in [-0.05, 0) is 54.8 Å². The number of pyridine rings is 1. The maximum Gasteiger partial charge on any atom is 0.416 e. The minimum absolute atomic E-state index is 0.00486. The first-order valence-corrected chi connectivity index (χ1v) is 13.5. The van der Waals surface area contributed by atoms with E-state index in [0.717, 1.165) is 23.4 Å². The van der Waals surface area contributed by atoms with Crippen molar-refractivity contribution in [3.8, 4) is 6.07 Å². The first-order valence-electron chi connectivity index (χ1n) is 13.5. The highest BCUT2D eigenvalue weighted by Crippen LogP contribution is 2.43. The van der Waals surface area contributed by atoms with E-state index in [1.165, 1.54) is 28.7 Å². The number of nitrogens with one attached hydrogen (secondary N) is 1. The molecule has 9 nitrogen and oxygen atoms in total. The molecule has 220 valence electrons. The quantitative estimate of drug-likeness (QED) is 0.243. The summed E-state index contributed by atoms with van der Waals surface area (Å²) in [6, 6.07) is 16.6. The van der Waals surface area contributed by atoms with E-state index in [4.69, 9.17) is 4.74 Å². The molecule has 0 saturated carbocycles. The fourth-order valence-electron chi connectivity index (χ4n) is 5.49. The van der Waals surface area contributed by atoms with Crippen LogP contribution in [0.4, 0.5) is 24.8 Å². The minimum Gasteiger partial charge on any atom is -0.466 e. The number of hydrogen-bond donors (Lipinski definition) is 1. The Bertz CT molecular complexity index is 1830. The zero-order chi connectivity index (χ0) is 30.9. The monoisotopic (exact) mass is 589 g/mol. The molecule has 1 aliphatic rings. The van der Waals surface area contributed by atoms with Crippen molar-refractivity contribution in [1.82, 2.24) is 14.8 Å². The summed E-state index contributed by atoms with van der Waals surface area (Å²) in [7, 11) is 1.20. The molecule has 4 aromatic rings. The van der Waals surface area contributed by atoms with Crippen molar-refractivity contribution in [2.45, 2.75) is 45.5 Å². The molecule has 1 N–H and O–H groups in total. The molecule has 0 fully saturated rings. The second-order valence-electron chi connectivity index (χ2n) is 10.1. The predicted molar refractivity (Wildman–Crippen MR) is 150 cm³/mol. The average molecular weight is 590 g/mol. The van der Waals surface area contributed by atoms with Crippen molar-refractivity contribution in [3.63, 3.8) is 0 Å². The fourth-order valence-corrected chi connectivity index (χ4v) is 5.49. The Morgan fingerprint density at radius 2 is 1.93 bits per heavy atom. The topological polar surface area (TPSA) is 108 Å². The summed E-state index contributed by atoms with van der Waals surface area (Å²) >= 11 is 0. The van der Waals surface area contributed by atoms with E-state index in [9.17, 15) is 28.0 Å². The summed E-state index contributed by atoms with van der Waals surface area (Å²) in [4.78, 5) is 28.0. The molecule has 43 heavy (non-hydrogen) atoms. The van der Waals surface area contributed by atoms with Crippen LogP contribution in [0.1, 0.15) is 47.3 Å². The van der Waals surface area contributed by atoms with Crippen molar-refractivity contribution in [3.05, 3.63) is 117 Å². The number of aromatic nitrogens is 4. The standard InChI is InChI=1S/C31H27F3N6O3/c1-19-8-4-5-14-38(19)15-7-9-22-16-21(18-35)12-13-25(22)27-26(28(41)43-3)20(2)39(29-36-37-30(42)40(27)29)24-11-6-10-23(17-24)31(32,33)34/h4-6,8,10-14,16-17,27H,7,9,15H2,1-3H3/p+1/t27-/m1/s1. The number of ether oxygens (including phenoxy) is 1. The molecule has 1 atom stereocenters. The molecule has 0 radical (unpaired) electrons. The van der Waals surface area contributed by atoms with Crippen LogP contribution < -0.4 is 15.2 Å². The lowest BCUT2D eigenvalue weighted by molar-refractivity contribution is -0.703. The molecule has 0 saturated heterocycles. The molecule has 1 aliphatic heterocycles. The number of aryl methyl sites for hydroxylation is 3. The smallest absolute Gasteiger partial charge is 0.416 e. The maximum absolute atomic E-state index is 13.6. The molecule has 0 spiro atoms. The number of aromatic amines is 1. The lowest BCUT2D eigenvalue weighted by Crippen LogP contribution is -2.38. The number of halogens is 3. The highest BCUT2D eigenvalue weighted by atomic mass is 19.4. The number of esters is 1. The average Bonchev–Trinajstić information content (AvgIpc) is 3.37. The molecule has 0 amide bonds. The van der Waals surface area contributed by atoms with Gasteiger partial charge in [0.1, 0.15) is 12.6 Å². The van der Waals surface area contributed by atoms with Gasteiger partial charge in [-0.3, -0.25) is 4.90 Å². The van der Waals surface area contributed by atoms with Gasteiger partial charge in [0.2, 0.25) is 5.95 Å². The SMILES string of the molecule is COC(=O)C1=C(C)N(c2cccc(C(F)(F)F)c2)c2n[nH]c(=O)n2[C@@H]1c1ccc(C#N)cc1CCC[n+]1ccccc1C. The van der Waals surface area contributed by atoms with Gasteiger partial charge in [0.25, 0.3) is 0 Å². The van der Waals surface area contributed by atoms with E-state index in [0.29, 0.717) is 30.5 Å². The number of nitriles is 1. The predicted octanol–water partition coefficient (Wildman–Crippen LogP) is 4.88. The molecule has 2 aromatic heterocycles. The number of fused-ring (bicyclic) bond motifs is 1. The number of anilines is 2. The molecule has 0 aliphatic carbocycles. The second-order valence-corrected chi connectivity index (χ2v) is 10.1. The summed E-state index contributed by atoms with van der Waals surface area (Å²) in [5.74, 6) is -0.755. The minimum atomic E-state index is -4.61. The van der Waals surface area contributed by atoms with Crippen LogP contribution in [-0.2, 0) is 28.7 Å². The van der Waals surface area contributed by atoms with Gasteiger partial charge in [-0.15, -0.1) is 5.10 Å². The van der Waals surface area contributed by atoms with Crippen LogP contribution in [0.15, 0.2) is 82.9 Å². The summed E-state index contributed by atoms with van der Waals surface area (Å²) in [5.41, 5.74) is 1.58. The van der Waals surface area contributed by atoms with Gasteiger partial charge < -0.3 is 4.74 Å². The molecule has 0 bridgehead atoms. The van der Waals surface area contributed by atoms with Gasteiger partial charge in [0.15, 0.2) is 11.9 Å². The zero-order valence-electron chi connectivity index (χ0n) is 23.6. The second kappa shape index (κ2) is 11.6. The Balaban J connectivity index is 1.66. The van der Waals surface area contributed by atoms with E-state index >= 15 is 0 Å². The number of carbonyl (C=O) groups excluding carboxylic acids is 1. The zero-order valence-corrected chi connectivity index (χ0v) is 23.6. The van der Waals surface area contributed by atoms with Crippen molar-refractivity contribution in [2.24, 2.45) is 0 Å². The first-order chi connectivity index (χ1) is 20.5. The van der Waals surface area contributed by atoms with Crippen LogP contribution in [-0.4, -0.2) is 27.8 Å². The van der Waals surface area contributed by atoms with Crippen LogP contribution in [0, 0.1) is 18.3 Å². The number of alkyl halides is 3. The summed E-state index contributed by atoms with van der Waals surface area (Å²) in [6.07, 6.45) is -1.44. The number of methoxy groups -OCH3 is 1. The number of benzene rings is 2. The van der Waals surface area contributed by atoms with E-state index < -0.39 is 29.4 Å². The number of allylic oxidation sites excluding steroid dienone is 1. The summed E-state index contributed by atoms with van der Waals surface area (Å²) in [6.45, 7) is 4.26. The first kappa shape index (κ1) is 29.3. The van der Waals surface area contributed by atoms with Crippen LogP contribution in [0.2, 0.25) is 0 Å². The van der Waals surface area contributed by atoms with E-state index in [1.807, 2.05) is 31.3 Å². The van der Waals surface area contributed by atoms with E-state index in [1.54, 1.807) is 25.1 Å². The Morgan fingerprint density at radius 1 is 1.14 bits per heavy atom. The van der Waals surface area contributed by atoms with Crippen LogP contribution in [0.5, 0.6) is 0 Å². The maximum atomic E-state index is 13.6. The van der Waals surface area contributed by atoms with Gasteiger partial charge in [-0.2, -0.15) is 18.4 Å². The molecular weight excluding hydrogens is 561 g/mol. The van der Waals surface area contributed by atoms with Crippen molar-refractivity contribution >= 4 is 17.6 Å². The Morgan fingerprint density at radius 3 is 2.63 bits per heavy atom. The third kappa shape index (κ3) is 5.53. The van der Waals surface area contributed by atoms with Gasteiger partial charge in [-0.1, -0.05) is 18.2 Å². The Hall–Kier alpha value is -5.18. The molecule has 3 heterocycles. The third-order valence-electron chi connectivity index (χ3n) is 7.56. The third-order valence-corrected chi connectivity index (χ3v) is 7.56. The molecular formula is C31H28F3N6O3+. The normalized spacial score (nSPS) is 14.8. The largest absolute Gasteiger partial charge is 0.466 e. The number of hydrogen-bond acceptors (Lipinski definition) is 6. The Labute approximate surface area is 245 Å². The Kier molecular flexibility index (Phi) is 7.91. The van der Waals surface area contributed by atoms with Crippen molar-refractivity contribution < 1.29 is 27.3 Å². The van der Waals surface area contributed by atoms with Gasteiger partial charge in [0, 0.05) is 36.9 Å². The van der Waals surface area contributed by atoms with Crippen molar-refractivity contribution in [1.29, 1.82) is 5.26 Å². The number of nitrogens with zero attached hydrogens (tertiary/aromatic N) is 5. The lowest BCUT2D eigenvalue weighted by Gasteiger charge is -2.36. The van der Waals surface area contributed by atoms with E-state index in [-0.39, 0.29) is 22.9 Å². The van der Waals surface area contributed by atoms with Gasteiger partial charge in [-0.25, -0.2) is 23.8 Å². The molecule has 12 heteroatoms. The molecule has 5 rings (SSSR count). The van der Waals surface area contributed by atoms with Crippen LogP contribution in [0.3, 0.4) is 0 Å². The summed E-state index contributed by atoms with van der Waals surface area (Å²) < 4.78 is 49.3. The molecule has 2 aromatic carbocycles. The van der Waals surface area contributed by atoms with Crippen molar-refractivity contribution in [2.75, 3.05) is 12.0 Å². The number of rotatable bonds is 7. The van der Waals surface area contributed by atoms with Crippen LogP contribution >= 0.6 is 0 Å². The highest BCUT2D eigenvalue weighted by molar-refractivity contribution is 5.93. The molecule has 0 unspecified atom stereocenters.